The number of nitriles is 1. The van der Waals surface area contributed by atoms with Crippen molar-refractivity contribution in [3.05, 3.63) is 46.2 Å². The van der Waals surface area contributed by atoms with Gasteiger partial charge in [-0.2, -0.15) is 5.26 Å². The van der Waals surface area contributed by atoms with Gasteiger partial charge in [0.1, 0.15) is 17.4 Å². The average molecular weight is 368 g/mol. The molecule has 0 saturated carbocycles. The maximum Gasteiger partial charge on any atom is 0.240 e. The van der Waals surface area contributed by atoms with Crippen molar-refractivity contribution in [3.63, 3.8) is 0 Å². The molecule has 2 aromatic rings. The molecule has 2 amide bonds. The molecule has 27 heavy (non-hydrogen) atoms. The predicted octanol–water partition coefficient (Wildman–Crippen LogP) is 2.89. The number of nitrogens with zero attached hydrogens (tertiary/aromatic N) is 2. The Hall–Kier alpha value is -3.11. The molecule has 0 spiro atoms. The molecular weight excluding hydrogens is 344 g/mol. The molecule has 0 radical (unpaired) electrons. The fourth-order valence-corrected chi connectivity index (χ4v) is 2.64. The Labute approximate surface area is 159 Å². The van der Waals surface area contributed by atoms with Crippen LogP contribution in [0.5, 0.6) is 0 Å². The van der Waals surface area contributed by atoms with E-state index in [1.807, 2.05) is 38.1 Å². The van der Waals surface area contributed by atoms with Crippen LogP contribution in [0, 0.1) is 39.0 Å². The number of likely N-dealkylation sites (N-methyl/N-ethyl adjacent to an activating group) is 1. The van der Waals surface area contributed by atoms with Gasteiger partial charge in [0, 0.05) is 11.3 Å². The van der Waals surface area contributed by atoms with E-state index >= 15 is 0 Å². The minimum Gasteiger partial charge on any atom is -0.444 e. The molecule has 142 valence electrons. The third-order valence-corrected chi connectivity index (χ3v) is 4.46. The van der Waals surface area contributed by atoms with Gasteiger partial charge in [-0.15, -0.1) is 0 Å². The first-order valence-corrected chi connectivity index (χ1v) is 8.57. The number of furan rings is 1. The van der Waals surface area contributed by atoms with Crippen LogP contribution in [0.1, 0.15) is 28.0 Å². The molecule has 2 rings (SSSR count). The Morgan fingerprint density at radius 2 is 1.70 bits per heavy atom. The van der Waals surface area contributed by atoms with Crippen molar-refractivity contribution >= 4 is 23.4 Å². The van der Waals surface area contributed by atoms with E-state index in [4.69, 9.17) is 4.42 Å². The third-order valence-electron chi connectivity index (χ3n) is 4.46. The van der Waals surface area contributed by atoms with Gasteiger partial charge in [-0.05, 0) is 51.9 Å². The fourth-order valence-electron chi connectivity index (χ4n) is 2.64. The lowest BCUT2D eigenvalue weighted by Gasteiger charge is -2.16. The summed E-state index contributed by atoms with van der Waals surface area (Å²) in [6.07, 6.45) is 0. The first-order chi connectivity index (χ1) is 12.7. The number of anilines is 2. The molecule has 0 bridgehead atoms. The van der Waals surface area contributed by atoms with Crippen LogP contribution in [0.2, 0.25) is 0 Å². The van der Waals surface area contributed by atoms with Crippen molar-refractivity contribution in [3.8, 4) is 6.07 Å². The molecule has 0 aliphatic heterocycles. The number of carbonyl (C=O) groups is 2. The predicted molar refractivity (Wildman–Crippen MR) is 104 cm³/mol. The molecule has 0 unspecified atom stereocenters. The van der Waals surface area contributed by atoms with Crippen molar-refractivity contribution in [1.29, 1.82) is 5.26 Å². The highest BCUT2D eigenvalue weighted by molar-refractivity contribution is 5.95. The Bertz CT molecular complexity index is 909. The van der Waals surface area contributed by atoms with Crippen molar-refractivity contribution in [2.45, 2.75) is 27.7 Å². The number of hydrogen-bond acceptors (Lipinski definition) is 5. The molecule has 0 fully saturated rings. The molecule has 7 nitrogen and oxygen atoms in total. The van der Waals surface area contributed by atoms with E-state index < -0.39 is 0 Å². The number of rotatable bonds is 6. The van der Waals surface area contributed by atoms with Gasteiger partial charge in [0.05, 0.1) is 13.1 Å². The number of amides is 2. The topological polar surface area (TPSA) is 98.4 Å². The second-order valence-corrected chi connectivity index (χ2v) is 6.62. The van der Waals surface area contributed by atoms with E-state index in [0.29, 0.717) is 16.9 Å². The zero-order chi connectivity index (χ0) is 20.1. The van der Waals surface area contributed by atoms with Crippen molar-refractivity contribution in [2.24, 2.45) is 0 Å². The van der Waals surface area contributed by atoms with Gasteiger partial charge in [0.15, 0.2) is 0 Å². The minimum atomic E-state index is -0.359. The molecule has 2 N–H and O–H groups in total. The number of nitrogens with one attached hydrogen (secondary N) is 2. The zero-order valence-corrected chi connectivity index (χ0v) is 16.3. The van der Waals surface area contributed by atoms with Crippen LogP contribution in [0.15, 0.2) is 22.6 Å². The lowest BCUT2D eigenvalue weighted by molar-refractivity contribution is -0.119. The zero-order valence-electron chi connectivity index (χ0n) is 16.3. The first-order valence-electron chi connectivity index (χ1n) is 8.57. The van der Waals surface area contributed by atoms with Crippen molar-refractivity contribution in [1.82, 2.24) is 4.90 Å². The third kappa shape index (κ3) is 4.96. The van der Waals surface area contributed by atoms with E-state index in [2.05, 4.69) is 10.6 Å². The van der Waals surface area contributed by atoms with Crippen molar-refractivity contribution < 1.29 is 14.0 Å². The van der Waals surface area contributed by atoms with Gasteiger partial charge in [-0.3, -0.25) is 19.8 Å². The molecular formula is C20H24N4O3. The summed E-state index contributed by atoms with van der Waals surface area (Å²) in [5.41, 5.74) is 3.89. The largest absolute Gasteiger partial charge is 0.444 e. The van der Waals surface area contributed by atoms with Crippen LogP contribution >= 0.6 is 0 Å². The normalized spacial score (nSPS) is 10.6. The summed E-state index contributed by atoms with van der Waals surface area (Å²) in [4.78, 5) is 26.0. The Morgan fingerprint density at radius 3 is 2.33 bits per heavy atom. The minimum absolute atomic E-state index is 0.0100. The van der Waals surface area contributed by atoms with Gasteiger partial charge >= 0.3 is 0 Å². The van der Waals surface area contributed by atoms with Crippen LogP contribution in [-0.4, -0.2) is 36.9 Å². The van der Waals surface area contributed by atoms with Crippen LogP contribution in [0.4, 0.5) is 11.6 Å². The van der Waals surface area contributed by atoms with Gasteiger partial charge in [-0.25, -0.2) is 0 Å². The SMILES string of the molecule is Cc1cccc(NC(=O)CN(C)CC(=O)Nc2oc(C)c(C)c2C#N)c1C. The number of hydrogen-bond donors (Lipinski definition) is 2. The summed E-state index contributed by atoms with van der Waals surface area (Å²) >= 11 is 0. The molecule has 0 aliphatic carbocycles. The van der Waals surface area contributed by atoms with Crippen LogP contribution in [0.25, 0.3) is 0 Å². The average Bonchev–Trinajstić information content (AvgIpc) is 2.84. The lowest BCUT2D eigenvalue weighted by Crippen LogP contribution is -2.36. The van der Waals surface area contributed by atoms with Gasteiger partial charge in [-0.1, -0.05) is 12.1 Å². The van der Waals surface area contributed by atoms with Crippen LogP contribution in [0.3, 0.4) is 0 Å². The van der Waals surface area contributed by atoms with E-state index in [-0.39, 0.29) is 30.8 Å². The van der Waals surface area contributed by atoms with E-state index in [1.54, 1.807) is 25.8 Å². The van der Waals surface area contributed by atoms with Crippen LogP contribution in [-0.2, 0) is 9.59 Å². The summed E-state index contributed by atoms with van der Waals surface area (Å²) in [7, 11) is 1.67. The molecule has 0 atom stereocenters. The highest BCUT2D eigenvalue weighted by atomic mass is 16.4. The van der Waals surface area contributed by atoms with Crippen molar-refractivity contribution in [2.75, 3.05) is 30.8 Å². The van der Waals surface area contributed by atoms with E-state index in [1.165, 1.54) is 0 Å². The molecule has 1 aromatic carbocycles. The van der Waals surface area contributed by atoms with E-state index in [0.717, 1.165) is 16.8 Å². The summed E-state index contributed by atoms with van der Waals surface area (Å²) in [6, 6.07) is 7.74. The highest BCUT2D eigenvalue weighted by Crippen LogP contribution is 2.25. The molecule has 1 aromatic heterocycles. The first kappa shape index (κ1) is 20.2. The summed E-state index contributed by atoms with van der Waals surface area (Å²) in [5.74, 6) is 0.164. The second kappa shape index (κ2) is 8.52. The Kier molecular flexibility index (Phi) is 6.37. The summed E-state index contributed by atoms with van der Waals surface area (Å²) in [6.45, 7) is 7.47. The van der Waals surface area contributed by atoms with Gasteiger partial charge in [0.2, 0.25) is 17.7 Å². The quantitative estimate of drug-likeness (QED) is 0.817. The Balaban J connectivity index is 1.91. The highest BCUT2D eigenvalue weighted by Gasteiger charge is 2.18. The summed E-state index contributed by atoms with van der Waals surface area (Å²) < 4.78 is 5.42. The van der Waals surface area contributed by atoms with Gasteiger partial charge < -0.3 is 9.73 Å². The lowest BCUT2D eigenvalue weighted by atomic mass is 10.1. The van der Waals surface area contributed by atoms with Gasteiger partial charge in [0.25, 0.3) is 0 Å². The number of aryl methyl sites for hydroxylation is 2. The number of carbonyl (C=O) groups excluding carboxylic acids is 2. The molecule has 7 heteroatoms. The standard InChI is InChI=1S/C20H24N4O3/c1-12-7-6-8-17(13(12)2)22-18(25)10-24(5)11-19(26)23-20-16(9-21)14(3)15(4)27-20/h6-8H,10-11H2,1-5H3,(H,22,25)(H,23,26). The maximum atomic E-state index is 12.2. The molecule has 0 aliphatic rings. The second-order valence-electron chi connectivity index (χ2n) is 6.62. The smallest absolute Gasteiger partial charge is 0.240 e. The summed E-state index contributed by atoms with van der Waals surface area (Å²) in [5, 5.41) is 14.6. The fraction of sp³-hybridized carbons (Fsp3) is 0.350. The van der Waals surface area contributed by atoms with Crippen LogP contribution < -0.4 is 10.6 Å². The van der Waals surface area contributed by atoms with E-state index in [9.17, 15) is 14.9 Å². The molecule has 1 heterocycles. The monoisotopic (exact) mass is 368 g/mol. The number of benzene rings is 1. The Morgan fingerprint density at radius 1 is 1.07 bits per heavy atom. The molecule has 0 saturated heterocycles. The maximum absolute atomic E-state index is 12.2.